The number of aromatic nitrogens is 2. The molecule has 0 N–H and O–H groups in total. The summed E-state index contributed by atoms with van der Waals surface area (Å²) in [5, 5.41) is 9.51. The molecule has 0 aliphatic heterocycles. The zero-order chi connectivity index (χ0) is 38.5. The first-order valence-corrected chi connectivity index (χ1v) is 20.0. The molecule has 1 aliphatic rings. The molecule has 0 radical (unpaired) electrons. The van der Waals surface area contributed by atoms with E-state index in [-0.39, 0.29) is 5.41 Å². The van der Waals surface area contributed by atoms with Crippen LogP contribution >= 0.6 is 0 Å². The number of benzene rings is 9. The van der Waals surface area contributed by atoms with E-state index in [9.17, 15) is 0 Å². The highest BCUT2D eigenvalue weighted by molar-refractivity contribution is 6.16. The van der Waals surface area contributed by atoms with Gasteiger partial charge in [-0.2, -0.15) is 0 Å². The normalized spacial score (nSPS) is 13.1. The van der Waals surface area contributed by atoms with Gasteiger partial charge in [0.15, 0.2) is 5.82 Å². The van der Waals surface area contributed by atoms with Crippen molar-refractivity contribution in [3.05, 3.63) is 193 Å². The molecule has 0 bridgehead atoms. The lowest BCUT2D eigenvalue weighted by Crippen LogP contribution is -2.14. The smallest absolute Gasteiger partial charge is 0.160 e. The van der Waals surface area contributed by atoms with E-state index in [1.807, 2.05) is 6.07 Å². The first-order chi connectivity index (χ1) is 28.5. The van der Waals surface area contributed by atoms with Crippen LogP contribution in [-0.2, 0) is 5.41 Å². The van der Waals surface area contributed by atoms with Crippen molar-refractivity contribution in [2.24, 2.45) is 0 Å². The van der Waals surface area contributed by atoms with E-state index in [1.165, 1.54) is 54.7 Å². The standard InChI is InChI=1S/C55H36N2O/c1-55(2)46-20-10-19-43(52(46)44-28-34-14-6-8-16-36(34)30-47(44)55)49-32-48(56-54(57-49)33-12-4-3-5-13-33)41-25-23-38-26-40(24-22-39(38)27-41)42-18-11-21-50-53(42)45-29-35-15-7-9-17-37(35)31-51(45)58-50/h3-32H,1-2H3. The number of hydrogen-bond acceptors (Lipinski definition) is 3. The molecular weight excluding hydrogens is 705 g/mol. The van der Waals surface area contributed by atoms with Gasteiger partial charge in [0.25, 0.3) is 0 Å². The number of fused-ring (bicyclic) bond motifs is 9. The average Bonchev–Trinajstić information content (AvgIpc) is 3.75. The zero-order valence-corrected chi connectivity index (χ0v) is 32.1. The van der Waals surface area contributed by atoms with Gasteiger partial charge in [0.2, 0.25) is 0 Å². The minimum Gasteiger partial charge on any atom is -0.456 e. The van der Waals surface area contributed by atoms with Crippen LogP contribution in [-0.4, -0.2) is 9.97 Å². The van der Waals surface area contributed by atoms with Gasteiger partial charge in [-0.05, 0) is 114 Å². The maximum absolute atomic E-state index is 6.41. The minimum absolute atomic E-state index is 0.148. The SMILES string of the molecule is CC1(C)c2cc3ccccc3cc2-c2c(-c3cc(-c4ccc5cc(-c6cccc7oc8cc9ccccc9cc8c67)ccc5c4)nc(-c4ccccc4)n3)cccc21. The predicted octanol–water partition coefficient (Wildman–Crippen LogP) is 14.8. The first-order valence-electron chi connectivity index (χ1n) is 20.0. The average molecular weight is 741 g/mol. The molecule has 0 amide bonds. The van der Waals surface area contributed by atoms with Gasteiger partial charge in [-0.15, -0.1) is 0 Å². The summed E-state index contributed by atoms with van der Waals surface area (Å²) in [4.78, 5) is 10.5. The molecule has 2 aromatic heterocycles. The minimum atomic E-state index is -0.148. The van der Waals surface area contributed by atoms with Crippen molar-refractivity contribution >= 4 is 54.3 Å². The van der Waals surface area contributed by atoms with Crippen LogP contribution in [0.4, 0.5) is 0 Å². The highest BCUT2D eigenvalue weighted by atomic mass is 16.3. The van der Waals surface area contributed by atoms with E-state index in [4.69, 9.17) is 14.4 Å². The predicted molar refractivity (Wildman–Crippen MR) is 241 cm³/mol. The lowest BCUT2D eigenvalue weighted by Gasteiger charge is -2.22. The summed E-state index contributed by atoms with van der Waals surface area (Å²) in [6.45, 7) is 4.69. The molecule has 0 spiro atoms. The monoisotopic (exact) mass is 740 g/mol. The molecule has 12 rings (SSSR count). The second-order valence-corrected chi connectivity index (χ2v) is 16.2. The van der Waals surface area contributed by atoms with E-state index >= 15 is 0 Å². The first kappa shape index (κ1) is 32.8. The van der Waals surface area contributed by atoms with Crippen LogP contribution in [0.3, 0.4) is 0 Å². The molecule has 0 fully saturated rings. The van der Waals surface area contributed by atoms with Crippen LogP contribution < -0.4 is 0 Å². The lowest BCUT2D eigenvalue weighted by molar-refractivity contribution is 0.661. The fourth-order valence-electron chi connectivity index (χ4n) is 9.46. The Morgan fingerprint density at radius 1 is 0.397 bits per heavy atom. The van der Waals surface area contributed by atoms with Crippen molar-refractivity contribution in [2.75, 3.05) is 0 Å². The Morgan fingerprint density at radius 3 is 1.81 bits per heavy atom. The molecule has 3 nitrogen and oxygen atoms in total. The molecular formula is C55H36N2O. The maximum atomic E-state index is 6.41. The van der Waals surface area contributed by atoms with Gasteiger partial charge in [-0.25, -0.2) is 9.97 Å². The highest BCUT2D eigenvalue weighted by Crippen LogP contribution is 2.53. The summed E-state index contributed by atoms with van der Waals surface area (Å²) in [5.74, 6) is 0.713. The van der Waals surface area contributed by atoms with E-state index in [1.54, 1.807) is 0 Å². The van der Waals surface area contributed by atoms with Crippen LogP contribution in [0.1, 0.15) is 25.0 Å². The molecule has 0 saturated carbocycles. The molecule has 58 heavy (non-hydrogen) atoms. The third kappa shape index (κ3) is 5.00. The van der Waals surface area contributed by atoms with Crippen LogP contribution in [0.15, 0.2) is 186 Å². The van der Waals surface area contributed by atoms with Crippen molar-refractivity contribution in [3.8, 4) is 56.2 Å². The topological polar surface area (TPSA) is 38.9 Å². The molecule has 11 aromatic rings. The summed E-state index contributed by atoms with van der Waals surface area (Å²) in [6.07, 6.45) is 0. The van der Waals surface area contributed by atoms with Crippen molar-refractivity contribution in [2.45, 2.75) is 19.3 Å². The van der Waals surface area contributed by atoms with Gasteiger partial charge in [-0.3, -0.25) is 0 Å². The van der Waals surface area contributed by atoms with E-state index < -0.39 is 0 Å². The third-order valence-electron chi connectivity index (χ3n) is 12.4. The van der Waals surface area contributed by atoms with Gasteiger partial charge in [0, 0.05) is 32.9 Å². The van der Waals surface area contributed by atoms with Crippen LogP contribution in [0.25, 0.3) is 110 Å². The Balaban J connectivity index is 1.000. The summed E-state index contributed by atoms with van der Waals surface area (Å²) < 4.78 is 6.41. The van der Waals surface area contributed by atoms with Crippen LogP contribution in [0, 0.1) is 0 Å². The molecule has 0 atom stereocenters. The van der Waals surface area contributed by atoms with Gasteiger partial charge in [0.05, 0.1) is 11.4 Å². The Hall–Kier alpha value is -7.36. The number of rotatable bonds is 4. The maximum Gasteiger partial charge on any atom is 0.160 e. The molecule has 3 heteroatoms. The van der Waals surface area contributed by atoms with E-state index in [2.05, 4.69) is 190 Å². The summed E-state index contributed by atoms with van der Waals surface area (Å²) >= 11 is 0. The third-order valence-corrected chi connectivity index (χ3v) is 12.4. The van der Waals surface area contributed by atoms with Crippen LogP contribution in [0.5, 0.6) is 0 Å². The van der Waals surface area contributed by atoms with Gasteiger partial charge >= 0.3 is 0 Å². The van der Waals surface area contributed by atoms with Crippen LogP contribution in [0.2, 0.25) is 0 Å². The second kappa shape index (κ2) is 12.3. The summed E-state index contributed by atoms with van der Waals surface area (Å²) in [6, 6.07) is 65.4. The largest absolute Gasteiger partial charge is 0.456 e. The molecule has 9 aromatic carbocycles. The Bertz CT molecular complexity index is 3480. The van der Waals surface area contributed by atoms with Gasteiger partial charge in [0.1, 0.15) is 11.2 Å². The number of hydrogen-bond donors (Lipinski definition) is 0. The molecule has 0 saturated heterocycles. The zero-order valence-electron chi connectivity index (χ0n) is 32.1. The van der Waals surface area contributed by atoms with Crippen molar-refractivity contribution in [1.82, 2.24) is 9.97 Å². The molecule has 0 unspecified atom stereocenters. The highest BCUT2D eigenvalue weighted by Gasteiger charge is 2.37. The Labute approximate surface area is 335 Å². The Morgan fingerprint density at radius 2 is 1.02 bits per heavy atom. The molecule has 2 heterocycles. The van der Waals surface area contributed by atoms with E-state index in [0.29, 0.717) is 5.82 Å². The van der Waals surface area contributed by atoms with Crippen molar-refractivity contribution in [3.63, 3.8) is 0 Å². The lowest BCUT2D eigenvalue weighted by atomic mass is 9.81. The van der Waals surface area contributed by atoms with Crippen molar-refractivity contribution < 1.29 is 4.42 Å². The summed E-state index contributed by atoms with van der Waals surface area (Å²) in [7, 11) is 0. The fourth-order valence-corrected chi connectivity index (χ4v) is 9.46. The quantitative estimate of drug-likeness (QED) is 0.180. The van der Waals surface area contributed by atoms with Crippen molar-refractivity contribution in [1.29, 1.82) is 0 Å². The summed E-state index contributed by atoms with van der Waals surface area (Å²) in [5.41, 5.74) is 14.2. The van der Waals surface area contributed by atoms with E-state index in [0.717, 1.165) is 61.0 Å². The Kier molecular flexibility index (Phi) is 6.98. The molecule has 1 aliphatic carbocycles. The van der Waals surface area contributed by atoms with Gasteiger partial charge in [-0.1, -0.05) is 147 Å². The number of furan rings is 1. The molecule has 272 valence electrons. The van der Waals surface area contributed by atoms with Gasteiger partial charge < -0.3 is 4.42 Å². The second-order valence-electron chi connectivity index (χ2n) is 16.2. The fraction of sp³-hybridized carbons (Fsp3) is 0.0545. The number of nitrogens with zero attached hydrogens (tertiary/aromatic N) is 2.